The Labute approximate surface area is 256 Å². The number of benzene rings is 3. The van der Waals surface area contributed by atoms with Gasteiger partial charge in [0.2, 0.25) is 0 Å². The number of hydrogen-bond donors (Lipinski definition) is 0. The Morgan fingerprint density at radius 2 is 0.625 bits per heavy atom. The van der Waals surface area contributed by atoms with Crippen molar-refractivity contribution in [2.24, 2.45) is 0 Å². The van der Waals surface area contributed by atoms with Crippen LogP contribution < -0.4 is 0 Å². The van der Waals surface area contributed by atoms with Gasteiger partial charge in [-0.05, 0) is 54.6 Å². The van der Waals surface area contributed by atoms with Gasteiger partial charge in [-0.2, -0.15) is 65.9 Å². The molecule has 0 bridgehead atoms. The molecule has 3 aromatic carbocycles. The number of alkyl halides is 15. The highest BCUT2D eigenvalue weighted by Gasteiger charge is 2.39. The molecule has 0 unspecified atom stereocenters. The molecule has 0 radical (unpaired) electrons. The SMILES string of the molecule is FC(F)(F)c1cc(-c2cn(-c3cc(C(F)(F)F)cc(C(F)(F)F)c3)nn2)cc(-c2cn(-c3cc(C(F)(F)F)cc(C(F)(F)F)c3)nn2)c1. The Hall–Kier alpha value is -5.11. The summed E-state index contributed by atoms with van der Waals surface area (Å²) in [6.45, 7) is 0. The second kappa shape index (κ2) is 11.3. The van der Waals surface area contributed by atoms with Gasteiger partial charge >= 0.3 is 30.9 Å². The first kappa shape index (κ1) is 34.2. The number of nitrogens with zero attached hydrogens (tertiary/aromatic N) is 6. The predicted octanol–water partition coefficient (Wildman–Crippen LogP) is 9.28. The molecule has 6 nitrogen and oxygen atoms in total. The normalized spacial score (nSPS) is 13.3. The van der Waals surface area contributed by atoms with Gasteiger partial charge in [-0.3, -0.25) is 0 Å². The van der Waals surface area contributed by atoms with Crippen molar-refractivity contribution in [2.45, 2.75) is 30.9 Å². The Bertz CT molecular complexity index is 1780. The van der Waals surface area contributed by atoms with E-state index in [4.69, 9.17) is 0 Å². The average Bonchev–Trinajstić information content (AvgIpc) is 3.65. The van der Waals surface area contributed by atoms with Crippen LogP contribution in [0, 0.1) is 0 Å². The van der Waals surface area contributed by atoms with E-state index in [1.807, 2.05) is 0 Å². The largest absolute Gasteiger partial charge is 0.416 e. The summed E-state index contributed by atoms with van der Waals surface area (Å²) in [5.41, 5.74) is -11.7. The molecule has 2 heterocycles. The smallest absolute Gasteiger partial charge is 0.220 e. The molecule has 5 aromatic rings. The quantitative estimate of drug-likeness (QED) is 0.175. The average molecular weight is 704 g/mol. The summed E-state index contributed by atoms with van der Waals surface area (Å²) in [7, 11) is 0. The van der Waals surface area contributed by atoms with Crippen molar-refractivity contribution in [1.82, 2.24) is 30.0 Å². The zero-order valence-electron chi connectivity index (χ0n) is 22.7. The van der Waals surface area contributed by atoms with Crippen molar-refractivity contribution in [1.29, 1.82) is 0 Å². The van der Waals surface area contributed by atoms with Crippen molar-refractivity contribution >= 4 is 0 Å². The van der Waals surface area contributed by atoms with Crippen molar-refractivity contribution < 1.29 is 65.9 Å². The fraction of sp³-hybridized carbons (Fsp3) is 0.185. The number of aromatic nitrogens is 6. The maximum atomic E-state index is 13.8. The summed E-state index contributed by atoms with van der Waals surface area (Å²) in [5.74, 6) is 0. The van der Waals surface area contributed by atoms with Crippen molar-refractivity contribution in [3.63, 3.8) is 0 Å². The minimum Gasteiger partial charge on any atom is -0.220 e. The van der Waals surface area contributed by atoms with Gasteiger partial charge < -0.3 is 0 Å². The van der Waals surface area contributed by atoms with Crippen molar-refractivity contribution in [3.8, 4) is 33.9 Å². The minimum absolute atomic E-state index is 0.156. The molecule has 0 saturated carbocycles. The van der Waals surface area contributed by atoms with Crippen LogP contribution in [-0.2, 0) is 30.9 Å². The zero-order valence-corrected chi connectivity index (χ0v) is 22.7. The molecular formula is C27H11F15N6. The lowest BCUT2D eigenvalue weighted by Gasteiger charge is -2.14. The fourth-order valence-electron chi connectivity index (χ4n) is 4.27. The van der Waals surface area contributed by atoms with Crippen LogP contribution in [0.25, 0.3) is 33.9 Å². The molecule has 0 aliphatic rings. The lowest BCUT2D eigenvalue weighted by Crippen LogP contribution is -2.12. The highest BCUT2D eigenvalue weighted by atomic mass is 19.4. The molecular weight excluding hydrogens is 693 g/mol. The minimum atomic E-state index is -5.23. The van der Waals surface area contributed by atoms with Gasteiger partial charge in [-0.1, -0.05) is 10.4 Å². The number of hydrogen-bond acceptors (Lipinski definition) is 4. The third kappa shape index (κ3) is 7.23. The van der Waals surface area contributed by atoms with Crippen LogP contribution in [-0.4, -0.2) is 30.0 Å². The standard InChI is InChI=1S/C27H11F15N6/c28-23(29,30)14-2-12(21-10-47(45-43-21)19-6-15(24(31,32)33)4-16(7-19)25(34,35)36)1-13(3-14)22-11-48(46-44-22)20-8-17(26(37,38)39)5-18(9-20)27(40,41)42/h1-11H. The highest BCUT2D eigenvalue weighted by Crippen LogP contribution is 2.40. The van der Waals surface area contributed by atoms with Crippen LogP contribution in [0.15, 0.2) is 67.0 Å². The summed E-state index contributed by atoms with van der Waals surface area (Å²) in [6.07, 6.45) is -24.5. The van der Waals surface area contributed by atoms with E-state index in [-0.39, 0.29) is 12.1 Å². The molecule has 254 valence electrons. The van der Waals surface area contributed by atoms with Crippen molar-refractivity contribution in [3.05, 3.63) is 94.8 Å². The molecule has 0 aliphatic heterocycles. The molecule has 0 atom stereocenters. The molecule has 0 spiro atoms. The summed E-state index contributed by atoms with van der Waals surface area (Å²) in [6, 6.07) is 2.80. The number of rotatable bonds is 4. The van der Waals surface area contributed by atoms with Crippen molar-refractivity contribution in [2.75, 3.05) is 0 Å². The molecule has 5 rings (SSSR count). The maximum absolute atomic E-state index is 13.8. The van der Waals surface area contributed by atoms with E-state index in [9.17, 15) is 65.9 Å². The highest BCUT2D eigenvalue weighted by molar-refractivity contribution is 5.70. The molecule has 0 saturated heterocycles. The van der Waals surface area contributed by atoms with Crippen LogP contribution in [0.2, 0.25) is 0 Å². The van der Waals surface area contributed by atoms with Gasteiger partial charge in [-0.15, -0.1) is 10.2 Å². The summed E-state index contributed by atoms with van der Waals surface area (Å²) in [5, 5.41) is 14.0. The lowest BCUT2D eigenvalue weighted by atomic mass is 10.0. The van der Waals surface area contributed by atoms with E-state index in [0.717, 1.165) is 18.5 Å². The summed E-state index contributed by atoms with van der Waals surface area (Å²) in [4.78, 5) is 0. The van der Waals surface area contributed by atoms with Gasteiger partial charge in [0.15, 0.2) is 0 Å². The Morgan fingerprint density at radius 1 is 0.354 bits per heavy atom. The van der Waals surface area contributed by atoms with Crippen LogP contribution in [0.5, 0.6) is 0 Å². The second-order valence-corrected chi connectivity index (χ2v) is 9.92. The Morgan fingerprint density at radius 3 is 0.896 bits per heavy atom. The molecule has 2 aromatic heterocycles. The lowest BCUT2D eigenvalue weighted by molar-refractivity contribution is -0.144. The third-order valence-electron chi connectivity index (χ3n) is 6.51. The summed E-state index contributed by atoms with van der Waals surface area (Å²) >= 11 is 0. The molecule has 21 heteroatoms. The number of halogens is 15. The Balaban J connectivity index is 1.59. The third-order valence-corrected chi connectivity index (χ3v) is 6.51. The summed E-state index contributed by atoms with van der Waals surface area (Å²) < 4.78 is 202. The fourth-order valence-corrected chi connectivity index (χ4v) is 4.27. The van der Waals surface area contributed by atoms with Gasteiger partial charge in [0.25, 0.3) is 0 Å². The van der Waals surface area contributed by atoms with Gasteiger partial charge in [0, 0.05) is 11.1 Å². The van der Waals surface area contributed by atoms with Gasteiger partial charge in [0.05, 0.1) is 51.6 Å². The monoisotopic (exact) mass is 704 g/mol. The van der Waals surface area contributed by atoms with Crippen LogP contribution in [0.1, 0.15) is 27.8 Å². The predicted molar refractivity (Wildman–Crippen MR) is 132 cm³/mol. The first-order valence-corrected chi connectivity index (χ1v) is 12.6. The molecule has 48 heavy (non-hydrogen) atoms. The second-order valence-electron chi connectivity index (χ2n) is 9.92. The zero-order chi connectivity index (χ0) is 35.6. The molecule has 0 aliphatic carbocycles. The Kier molecular flexibility index (Phi) is 8.03. The van der Waals surface area contributed by atoms with Gasteiger partial charge in [-0.25, -0.2) is 9.36 Å². The molecule has 0 N–H and O–H groups in total. The molecule has 0 amide bonds. The topological polar surface area (TPSA) is 61.4 Å². The van der Waals surface area contributed by atoms with Crippen LogP contribution in [0.4, 0.5) is 65.9 Å². The van der Waals surface area contributed by atoms with Crippen LogP contribution >= 0.6 is 0 Å². The van der Waals surface area contributed by atoms with E-state index in [1.54, 1.807) is 0 Å². The maximum Gasteiger partial charge on any atom is 0.416 e. The van der Waals surface area contributed by atoms with E-state index in [1.165, 1.54) is 0 Å². The van der Waals surface area contributed by atoms with E-state index >= 15 is 0 Å². The first-order valence-electron chi connectivity index (χ1n) is 12.6. The van der Waals surface area contributed by atoms with E-state index in [0.29, 0.717) is 45.8 Å². The van der Waals surface area contributed by atoms with E-state index in [2.05, 4.69) is 20.6 Å². The van der Waals surface area contributed by atoms with Crippen LogP contribution in [0.3, 0.4) is 0 Å². The first-order chi connectivity index (χ1) is 21.9. The van der Waals surface area contributed by atoms with E-state index < -0.39 is 92.6 Å². The van der Waals surface area contributed by atoms with Gasteiger partial charge in [0.1, 0.15) is 11.4 Å². The molecule has 0 fully saturated rings.